The molecule has 1 aliphatic heterocycles. The third-order valence-electron chi connectivity index (χ3n) is 7.93. The molecule has 3 N–H and O–H groups in total. The number of nitrogens with zero attached hydrogens (tertiary/aromatic N) is 3. The number of aliphatic hydroxyl groups is 1. The molecule has 3 aromatic rings. The molecule has 11 heteroatoms. The van der Waals surface area contributed by atoms with Crippen molar-refractivity contribution >= 4 is 11.8 Å². The second kappa shape index (κ2) is 12.0. The SMILES string of the molecule is O=C(NCC(=O)N1CC[C@H](NC2CCC(O)(c3ccc(-c4ccncc4)cn3)CC2)C1)c1cccc(C(F)(F)F)c1. The van der Waals surface area contributed by atoms with Crippen LogP contribution in [-0.4, -0.2) is 63.5 Å². The summed E-state index contributed by atoms with van der Waals surface area (Å²) >= 11 is 0. The molecule has 3 heterocycles. The fourth-order valence-electron chi connectivity index (χ4n) is 5.57. The molecule has 2 amide bonds. The molecule has 1 saturated carbocycles. The van der Waals surface area contributed by atoms with Crippen LogP contribution >= 0.6 is 0 Å². The second-order valence-electron chi connectivity index (χ2n) is 10.7. The highest BCUT2D eigenvalue weighted by atomic mass is 19.4. The molecule has 0 spiro atoms. The summed E-state index contributed by atoms with van der Waals surface area (Å²) in [5, 5.41) is 17.3. The molecule has 0 unspecified atom stereocenters. The number of carbonyl (C=O) groups excluding carboxylic acids is 2. The first kappa shape index (κ1) is 28.7. The molecule has 1 atom stereocenters. The average molecular weight is 568 g/mol. The molecule has 1 saturated heterocycles. The molecule has 5 rings (SSSR count). The Morgan fingerprint density at radius 2 is 1.76 bits per heavy atom. The number of hydrogen-bond donors (Lipinski definition) is 3. The molecular formula is C30H32F3N5O3. The average Bonchev–Trinajstić information content (AvgIpc) is 3.46. The Kier molecular flexibility index (Phi) is 8.37. The third kappa shape index (κ3) is 6.91. The lowest BCUT2D eigenvalue weighted by Crippen LogP contribution is -2.46. The molecule has 41 heavy (non-hydrogen) atoms. The molecule has 2 aliphatic rings. The Hall–Kier alpha value is -3.83. The van der Waals surface area contributed by atoms with E-state index in [4.69, 9.17) is 0 Å². The largest absolute Gasteiger partial charge is 0.416 e. The first-order valence-electron chi connectivity index (χ1n) is 13.7. The molecule has 0 bridgehead atoms. The van der Waals surface area contributed by atoms with Crippen LogP contribution in [0.15, 0.2) is 67.1 Å². The Morgan fingerprint density at radius 3 is 2.44 bits per heavy atom. The van der Waals surface area contributed by atoms with E-state index in [0.717, 1.165) is 42.5 Å². The van der Waals surface area contributed by atoms with Crippen LogP contribution in [0, 0.1) is 0 Å². The van der Waals surface area contributed by atoms with Crippen LogP contribution in [0.1, 0.15) is 53.7 Å². The molecule has 2 fully saturated rings. The lowest BCUT2D eigenvalue weighted by molar-refractivity contribution is -0.137. The van der Waals surface area contributed by atoms with Gasteiger partial charge in [-0.2, -0.15) is 13.2 Å². The van der Waals surface area contributed by atoms with Gasteiger partial charge in [-0.25, -0.2) is 0 Å². The third-order valence-corrected chi connectivity index (χ3v) is 7.93. The molecular weight excluding hydrogens is 535 g/mol. The van der Waals surface area contributed by atoms with Crippen molar-refractivity contribution in [2.24, 2.45) is 0 Å². The number of hydrogen-bond acceptors (Lipinski definition) is 6. The number of pyridine rings is 2. The quantitative estimate of drug-likeness (QED) is 0.400. The summed E-state index contributed by atoms with van der Waals surface area (Å²) in [6.45, 7) is 0.725. The van der Waals surface area contributed by atoms with Crippen molar-refractivity contribution in [3.63, 3.8) is 0 Å². The van der Waals surface area contributed by atoms with E-state index in [9.17, 15) is 27.9 Å². The smallest absolute Gasteiger partial charge is 0.384 e. The maximum absolute atomic E-state index is 12.9. The normalized spacial score (nSPS) is 22.9. The zero-order chi connectivity index (χ0) is 29.0. The second-order valence-corrected chi connectivity index (χ2v) is 10.7. The van der Waals surface area contributed by atoms with Gasteiger partial charge >= 0.3 is 6.18 Å². The topological polar surface area (TPSA) is 107 Å². The van der Waals surface area contributed by atoms with E-state index < -0.39 is 23.2 Å². The zero-order valence-corrected chi connectivity index (χ0v) is 22.4. The number of rotatable bonds is 7. The number of carbonyl (C=O) groups is 2. The van der Waals surface area contributed by atoms with Crippen LogP contribution in [0.2, 0.25) is 0 Å². The van der Waals surface area contributed by atoms with Gasteiger partial charge in [-0.05, 0) is 74.1 Å². The zero-order valence-electron chi connectivity index (χ0n) is 22.4. The van der Waals surface area contributed by atoms with Crippen LogP contribution in [-0.2, 0) is 16.6 Å². The summed E-state index contributed by atoms with van der Waals surface area (Å²) in [7, 11) is 0. The van der Waals surface area contributed by atoms with Gasteiger partial charge in [-0.3, -0.25) is 19.6 Å². The van der Waals surface area contributed by atoms with Crippen molar-refractivity contribution in [2.45, 2.75) is 56.0 Å². The Bertz CT molecular complexity index is 1360. The minimum absolute atomic E-state index is 0.0899. The lowest BCUT2D eigenvalue weighted by Gasteiger charge is -2.37. The number of nitrogens with one attached hydrogen (secondary N) is 2. The van der Waals surface area contributed by atoms with Crippen molar-refractivity contribution in [3.05, 3.63) is 83.9 Å². The summed E-state index contributed by atoms with van der Waals surface area (Å²) in [6, 6.07) is 12.1. The maximum atomic E-state index is 12.9. The first-order valence-corrected chi connectivity index (χ1v) is 13.7. The molecule has 1 aromatic carbocycles. The van der Waals surface area contributed by atoms with Gasteiger partial charge in [0.15, 0.2) is 0 Å². The lowest BCUT2D eigenvalue weighted by atomic mass is 9.79. The summed E-state index contributed by atoms with van der Waals surface area (Å²) < 4.78 is 38.8. The maximum Gasteiger partial charge on any atom is 0.416 e. The van der Waals surface area contributed by atoms with Crippen molar-refractivity contribution in [2.75, 3.05) is 19.6 Å². The van der Waals surface area contributed by atoms with E-state index in [1.807, 2.05) is 24.3 Å². The molecule has 216 valence electrons. The van der Waals surface area contributed by atoms with Gasteiger partial charge < -0.3 is 20.6 Å². The van der Waals surface area contributed by atoms with E-state index in [2.05, 4.69) is 20.6 Å². The van der Waals surface area contributed by atoms with Gasteiger partial charge in [-0.15, -0.1) is 0 Å². The van der Waals surface area contributed by atoms with Crippen LogP contribution in [0.5, 0.6) is 0 Å². The number of aromatic nitrogens is 2. The molecule has 1 aliphatic carbocycles. The van der Waals surface area contributed by atoms with E-state index in [1.54, 1.807) is 23.5 Å². The van der Waals surface area contributed by atoms with Crippen LogP contribution in [0.25, 0.3) is 11.1 Å². The fraction of sp³-hybridized carbons (Fsp3) is 0.400. The summed E-state index contributed by atoms with van der Waals surface area (Å²) in [4.78, 5) is 35.2. The monoisotopic (exact) mass is 567 g/mol. The summed E-state index contributed by atoms with van der Waals surface area (Å²) in [6.07, 6.45) is 4.12. The number of benzene rings is 1. The summed E-state index contributed by atoms with van der Waals surface area (Å²) in [5.74, 6) is -1.01. The van der Waals surface area contributed by atoms with E-state index in [1.165, 1.54) is 12.1 Å². The molecule has 8 nitrogen and oxygen atoms in total. The number of amides is 2. The summed E-state index contributed by atoms with van der Waals surface area (Å²) in [5.41, 5.74) is 0.599. The van der Waals surface area contributed by atoms with Gasteiger partial charge in [0.2, 0.25) is 5.91 Å². The first-order chi connectivity index (χ1) is 19.6. The Labute approximate surface area is 236 Å². The van der Waals surface area contributed by atoms with Crippen molar-refractivity contribution < 1.29 is 27.9 Å². The minimum atomic E-state index is -4.55. The molecule has 2 aromatic heterocycles. The fourth-order valence-corrected chi connectivity index (χ4v) is 5.57. The van der Waals surface area contributed by atoms with E-state index in [-0.39, 0.29) is 30.1 Å². The highest BCUT2D eigenvalue weighted by molar-refractivity contribution is 5.96. The standard InChI is InChI=1S/C30H32F3N5O3/c31-30(32,33)23-3-1-2-21(16-23)28(40)36-18-27(39)38-15-10-25(19-38)37-24-6-11-29(41,12-7-24)26-5-4-22(17-35-26)20-8-13-34-14-9-20/h1-5,8-9,13-14,16-17,24-25,37,41H,6-7,10-12,15,18-19H2,(H,36,40)/t24?,25-,29?/m0/s1. The highest BCUT2D eigenvalue weighted by Gasteiger charge is 2.37. The van der Waals surface area contributed by atoms with E-state index in [0.29, 0.717) is 31.6 Å². The van der Waals surface area contributed by atoms with Gasteiger partial charge in [0.05, 0.1) is 17.8 Å². The van der Waals surface area contributed by atoms with Crippen molar-refractivity contribution in [3.8, 4) is 11.1 Å². The Morgan fingerprint density at radius 1 is 1.00 bits per heavy atom. The predicted molar refractivity (Wildman–Crippen MR) is 146 cm³/mol. The number of likely N-dealkylation sites (tertiary alicyclic amines) is 1. The highest BCUT2D eigenvalue weighted by Crippen LogP contribution is 2.37. The van der Waals surface area contributed by atoms with Gasteiger partial charge in [0.1, 0.15) is 5.60 Å². The Balaban J connectivity index is 1.06. The number of halogens is 3. The molecule has 0 radical (unpaired) electrons. The van der Waals surface area contributed by atoms with Gasteiger partial charge in [-0.1, -0.05) is 12.1 Å². The van der Waals surface area contributed by atoms with Crippen LogP contribution in [0.3, 0.4) is 0 Å². The minimum Gasteiger partial charge on any atom is -0.384 e. The van der Waals surface area contributed by atoms with Crippen LogP contribution in [0.4, 0.5) is 13.2 Å². The predicted octanol–water partition coefficient (Wildman–Crippen LogP) is 3.91. The van der Waals surface area contributed by atoms with Crippen molar-refractivity contribution in [1.82, 2.24) is 25.5 Å². The van der Waals surface area contributed by atoms with Crippen LogP contribution < -0.4 is 10.6 Å². The van der Waals surface area contributed by atoms with Gasteiger partial charge in [0, 0.05) is 54.9 Å². The van der Waals surface area contributed by atoms with E-state index >= 15 is 0 Å². The van der Waals surface area contributed by atoms with Gasteiger partial charge in [0.25, 0.3) is 5.91 Å². The number of alkyl halides is 3. The van der Waals surface area contributed by atoms with Crippen molar-refractivity contribution in [1.29, 1.82) is 0 Å².